The highest BCUT2D eigenvalue weighted by molar-refractivity contribution is 7.17. The Morgan fingerprint density at radius 2 is 1.88 bits per heavy atom. The number of aromatic carboxylic acids is 1. The highest BCUT2D eigenvalue weighted by atomic mass is 32.1. The molecule has 2 rings (SSSR count). The van der Waals surface area contributed by atoms with Gasteiger partial charge < -0.3 is 9.84 Å². The molecule has 7 heteroatoms. The normalized spacial score (nSPS) is 11.2. The van der Waals surface area contributed by atoms with Gasteiger partial charge in [-0.05, 0) is 39.7 Å². The van der Waals surface area contributed by atoms with Crippen LogP contribution in [0.3, 0.4) is 0 Å². The van der Waals surface area contributed by atoms with Crippen LogP contribution < -0.4 is 4.90 Å². The molecule has 0 saturated carbocycles. The molecule has 0 spiro atoms. The average molecular weight is 362 g/mol. The first-order valence-corrected chi connectivity index (χ1v) is 8.74. The third-order valence-corrected chi connectivity index (χ3v) is 4.46. The number of hydrogen-bond acceptors (Lipinski definition) is 5. The van der Waals surface area contributed by atoms with Crippen LogP contribution in [0.4, 0.5) is 9.93 Å². The SMILES string of the molecule is Cc1nc(N(CCc2ccccc2)C(=O)OC(C)(C)C)sc1C(=O)O. The zero-order valence-electron chi connectivity index (χ0n) is 14.8. The minimum absolute atomic E-state index is 0.128. The summed E-state index contributed by atoms with van der Waals surface area (Å²) in [7, 11) is 0. The first-order chi connectivity index (χ1) is 11.7. The number of aromatic nitrogens is 1. The molecule has 0 unspecified atom stereocenters. The van der Waals surface area contributed by atoms with E-state index >= 15 is 0 Å². The molecule has 1 aromatic carbocycles. The number of carbonyl (C=O) groups is 2. The van der Waals surface area contributed by atoms with Gasteiger partial charge in [0.05, 0.1) is 5.69 Å². The number of hydrogen-bond donors (Lipinski definition) is 1. The average Bonchev–Trinajstić information content (AvgIpc) is 2.88. The molecule has 0 fully saturated rings. The van der Waals surface area contributed by atoms with Crippen molar-refractivity contribution >= 4 is 28.5 Å². The van der Waals surface area contributed by atoms with Crippen molar-refractivity contribution < 1.29 is 19.4 Å². The van der Waals surface area contributed by atoms with E-state index in [2.05, 4.69) is 4.98 Å². The molecule has 134 valence electrons. The number of aryl methyl sites for hydroxylation is 1. The summed E-state index contributed by atoms with van der Waals surface area (Å²) in [5, 5.41) is 9.56. The van der Waals surface area contributed by atoms with Gasteiger partial charge in [0.2, 0.25) is 0 Å². The standard InChI is InChI=1S/C18H22N2O4S/c1-12-14(15(21)22)25-16(19-12)20(17(23)24-18(2,3)4)11-10-13-8-6-5-7-9-13/h5-9H,10-11H2,1-4H3,(H,21,22). The number of anilines is 1. The fourth-order valence-electron chi connectivity index (χ4n) is 2.16. The second-order valence-corrected chi connectivity index (χ2v) is 7.56. The number of rotatable bonds is 5. The van der Waals surface area contributed by atoms with Gasteiger partial charge in [-0.1, -0.05) is 41.7 Å². The van der Waals surface area contributed by atoms with Crippen LogP contribution in [0, 0.1) is 6.92 Å². The summed E-state index contributed by atoms with van der Waals surface area (Å²) in [5.74, 6) is -1.05. The molecule has 6 nitrogen and oxygen atoms in total. The number of benzene rings is 1. The van der Waals surface area contributed by atoms with Crippen LogP contribution in [-0.2, 0) is 11.2 Å². The number of ether oxygens (including phenoxy) is 1. The van der Waals surface area contributed by atoms with Gasteiger partial charge in [-0.2, -0.15) is 0 Å². The van der Waals surface area contributed by atoms with Crippen molar-refractivity contribution in [2.75, 3.05) is 11.4 Å². The third-order valence-electron chi connectivity index (χ3n) is 3.29. The Morgan fingerprint density at radius 1 is 1.24 bits per heavy atom. The van der Waals surface area contributed by atoms with Gasteiger partial charge in [-0.15, -0.1) is 0 Å². The molecule has 0 atom stereocenters. The highest BCUT2D eigenvalue weighted by Gasteiger charge is 2.27. The Labute approximate surface area is 151 Å². The van der Waals surface area contributed by atoms with Gasteiger partial charge in [-0.3, -0.25) is 4.90 Å². The second kappa shape index (κ2) is 7.65. The topological polar surface area (TPSA) is 79.7 Å². The number of thiazole rings is 1. The highest BCUT2D eigenvalue weighted by Crippen LogP contribution is 2.27. The van der Waals surface area contributed by atoms with E-state index in [0.717, 1.165) is 16.9 Å². The second-order valence-electron chi connectivity index (χ2n) is 6.58. The van der Waals surface area contributed by atoms with Crippen molar-refractivity contribution in [3.8, 4) is 0 Å². The van der Waals surface area contributed by atoms with E-state index in [4.69, 9.17) is 4.74 Å². The van der Waals surface area contributed by atoms with Gasteiger partial charge in [-0.25, -0.2) is 14.6 Å². The van der Waals surface area contributed by atoms with Crippen molar-refractivity contribution in [2.45, 2.75) is 39.7 Å². The molecule has 1 heterocycles. The summed E-state index contributed by atoms with van der Waals surface area (Å²) >= 11 is 0.980. The van der Waals surface area contributed by atoms with Crippen LogP contribution in [0.2, 0.25) is 0 Å². The number of carboxylic acids is 1. The van der Waals surface area contributed by atoms with E-state index in [0.29, 0.717) is 23.8 Å². The number of nitrogens with zero attached hydrogens (tertiary/aromatic N) is 2. The Bertz CT molecular complexity index is 750. The van der Waals surface area contributed by atoms with Gasteiger partial charge in [0.25, 0.3) is 0 Å². The van der Waals surface area contributed by atoms with Crippen LogP contribution in [0.1, 0.15) is 41.7 Å². The smallest absolute Gasteiger partial charge is 0.416 e. The Balaban J connectivity index is 2.26. The van der Waals surface area contributed by atoms with Crippen molar-refractivity contribution in [1.29, 1.82) is 0 Å². The molecule has 0 aliphatic heterocycles. The van der Waals surface area contributed by atoms with Crippen molar-refractivity contribution in [2.24, 2.45) is 0 Å². The Kier molecular flexibility index (Phi) is 5.79. The zero-order valence-corrected chi connectivity index (χ0v) is 15.6. The first-order valence-electron chi connectivity index (χ1n) is 7.92. The predicted molar refractivity (Wildman–Crippen MR) is 97.5 cm³/mol. The maximum atomic E-state index is 12.6. The van der Waals surface area contributed by atoms with Crippen LogP contribution in [0.5, 0.6) is 0 Å². The molecular formula is C18H22N2O4S. The van der Waals surface area contributed by atoms with Crippen LogP contribution >= 0.6 is 11.3 Å². The molecular weight excluding hydrogens is 340 g/mol. The Hall–Kier alpha value is -2.41. The first kappa shape index (κ1) is 18.9. The molecule has 1 aromatic heterocycles. The van der Waals surface area contributed by atoms with Gasteiger partial charge in [0.15, 0.2) is 5.13 Å². The predicted octanol–water partition coefficient (Wildman–Crippen LogP) is 4.13. The molecule has 0 aliphatic carbocycles. The molecule has 0 saturated heterocycles. The lowest BCUT2D eigenvalue weighted by atomic mass is 10.1. The van der Waals surface area contributed by atoms with Crippen molar-refractivity contribution in [3.05, 3.63) is 46.5 Å². The van der Waals surface area contributed by atoms with Crippen LogP contribution in [-0.4, -0.2) is 34.3 Å². The van der Waals surface area contributed by atoms with E-state index in [-0.39, 0.29) is 4.88 Å². The molecule has 0 radical (unpaired) electrons. The minimum atomic E-state index is -1.05. The number of amides is 1. The quantitative estimate of drug-likeness (QED) is 0.865. The van der Waals surface area contributed by atoms with E-state index in [1.807, 2.05) is 30.3 Å². The largest absolute Gasteiger partial charge is 0.477 e. The lowest BCUT2D eigenvalue weighted by molar-refractivity contribution is 0.0579. The Morgan fingerprint density at radius 3 is 2.40 bits per heavy atom. The lowest BCUT2D eigenvalue weighted by Crippen LogP contribution is -2.38. The summed E-state index contributed by atoms with van der Waals surface area (Å²) in [6, 6.07) is 9.75. The third kappa shape index (κ3) is 5.29. The maximum absolute atomic E-state index is 12.6. The van der Waals surface area contributed by atoms with E-state index in [9.17, 15) is 14.7 Å². The fourth-order valence-corrected chi connectivity index (χ4v) is 3.09. The molecule has 0 bridgehead atoms. The molecule has 0 aliphatic rings. The van der Waals surface area contributed by atoms with E-state index in [1.54, 1.807) is 27.7 Å². The van der Waals surface area contributed by atoms with Crippen molar-refractivity contribution in [1.82, 2.24) is 4.98 Å². The van der Waals surface area contributed by atoms with Gasteiger partial charge >= 0.3 is 12.1 Å². The monoisotopic (exact) mass is 362 g/mol. The summed E-state index contributed by atoms with van der Waals surface area (Å²) in [4.78, 5) is 29.7. The van der Waals surface area contributed by atoms with Crippen LogP contribution in [0.25, 0.3) is 0 Å². The van der Waals surface area contributed by atoms with Gasteiger partial charge in [0.1, 0.15) is 10.5 Å². The maximum Gasteiger partial charge on any atom is 0.416 e. The number of carboxylic acid groups (broad SMARTS) is 1. The minimum Gasteiger partial charge on any atom is -0.477 e. The fraction of sp³-hybridized carbons (Fsp3) is 0.389. The molecule has 2 aromatic rings. The number of carbonyl (C=O) groups excluding carboxylic acids is 1. The molecule has 25 heavy (non-hydrogen) atoms. The summed E-state index contributed by atoms with van der Waals surface area (Å²) < 4.78 is 5.46. The zero-order chi connectivity index (χ0) is 18.6. The lowest BCUT2D eigenvalue weighted by Gasteiger charge is -2.25. The summed E-state index contributed by atoms with van der Waals surface area (Å²) in [6.07, 6.45) is 0.0790. The molecule has 1 amide bonds. The van der Waals surface area contributed by atoms with E-state index < -0.39 is 17.7 Å². The van der Waals surface area contributed by atoms with Crippen molar-refractivity contribution in [3.63, 3.8) is 0 Å². The van der Waals surface area contributed by atoms with Crippen LogP contribution in [0.15, 0.2) is 30.3 Å². The van der Waals surface area contributed by atoms with Gasteiger partial charge in [0, 0.05) is 6.54 Å². The molecule has 1 N–H and O–H groups in total. The van der Waals surface area contributed by atoms with E-state index in [1.165, 1.54) is 4.90 Å². The summed E-state index contributed by atoms with van der Waals surface area (Å²) in [6.45, 7) is 7.33. The summed E-state index contributed by atoms with van der Waals surface area (Å²) in [5.41, 5.74) is 0.813.